The van der Waals surface area contributed by atoms with Gasteiger partial charge in [0.2, 0.25) is 0 Å². The van der Waals surface area contributed by atoms with Crippen LogP contribution in [-0.4, -0.2) is 13.7 Å². The minimum atomic E-state index is 0.116. The number of hydrogen-bond donors (Lipinski definition) is 1. The molecule has 0 aromatic heterocycles. The molecule has 0 unspecified atom stereocenters. The number of hydrogen-bond acceptors (Lipinski definition) is 3. The summed E-state index contributed by atoms with van der Waals surface area (Å²) in [4.78, 5) is 0. The van der Waals surface area contributed by atoms with Gasteiger partial charge in [0.05, 0.1) is 12.7 Å². The topological polar surface area (TPSA) is 45.0 Å². The number of ether oxygens (including phenoxy) is 1. The van der Waals surface area contributed by atoms with Crippen molar-refractivity contribution >= 4 is 15.9 Å². The molecule has 1 N–H and O–H groups in total. The summed E-state index contributed by atoms with van der Waals surface area (Å²) < 4.78 is 7.11. The molecule has 0 spiro atoms. The van der Waals surface area contributed by atoms with E-state index in [4.69, 9.17) is 10.00 Å². The number of aryl methyl sites for hydroxylation is 1. The zero-order valence-corrected chi connectivity index (χ0v) is 13.0. The van der Waals surface area contributed by atoms with Gasteiger partial charge in [-0.3, -0.25) is 0 Å². The smallest absolute Gasteiger partial charge is 0.126 e. The van der Waals surface area contributed by atoms with E-state index in [0.717, 1.165) is 40.7 Å². The van der Waals surface area contributed by atoms with E-state index >= 15 is 0 Å². The molecule has 0 bridgehead atoms. The molecule has 0 heterocycles. The quantitative estimate of drug-likeness (QED) is 0.871. The van der Waals surface area contributed by atoms with E-state index in [0.29, 0.717) is 13.0 Å². The zero-order valence-electron chi connectivity index (χ0n) is 11.4. The van der Waals surface area contributed by atoms with Crippen molar-refractivity contribution in [3.8, 4) is 11.8 Å². The third kappa shape index (κ3) is 3.49. The molecule has 3 nitrogen and oxygen atoms in total. The molecular weight excluding hydrogens is 304 g/mol. The number of nitrogens with one attached hydrogen (secondary N) is 1. The first-order valence-corrected chi connectivity index (χ1v) is 7.33. The highest BCUT2D eigenvalue weighted by Gasteiger charge is 2.43. The maximum absolute atomic E-state index is 8.85. The molecule has 1 saturated carbocycles. The first-order valence-electron chi connectivity index (χ1n) is 6.53. The van der Waals surface area contributed by atoms with Crippen molar-refractivity contribution in [2.75, 3.05) is 13.7 Å². The van der Waals surface area contributed by atoms with Crippen LogP contribution in [0.1, 0.15) is 30.4 Å². The monoisotopic (exact) mass is 322 g/mol. The summed E-state index contributed by atoms with van der Waals surface area (Å²) in [5.41, 5.74) is 2.40. The fraction of sp³-hybridized carbons (Fsp3) is 0.533. The average molecular weight is 323 g/mol. The van der Waals surface area contributed by atoms with Gasteiger partial charge in [-0.2, -0.15) is 5.26 Å². The minimum absolute atomic E-state index is 0.116. The van der Waals surface area contributed by atoms with Crippen molar-refractivity contribution < 1.29 is 4.74 Å². The molecule has 1 aromatic carbocycles. The molecule has 0 atom stereocenters. The Labute approximate surface area is 123 Å². The highest BCUT2D eigenvalue weighted by Crippen LogP contribution is 2.49. The maximum atomic E-state index is 8.85. The van der Waals surface area contributed by atoms with Gasteiger partial charge in [0, 0.05) is 28.4 Å². The van der Waals surface area contributed by atoms with Crippen LogP contribution in [0.5, 0.6) is 5.75 Å². The Kier molecular flexibility index (Phi) is 4.49. The second kappa shape index (κ2) is 5.94. The van der Waals surface area contributed by atoms with Gasteiger partial charge in [-0.15, -0.1) is 0 Å². The molecule has 102 valence electrons. The van der Waals surface area contributed by atoms with Gasteiger partial charge in [0.15, 0.2) is 0 Å². The third-order valence-corrected chi connectivity index (χ3v) is 4.08. The standard InChI is InChI=1S/C15H19BrN2O/c1-11-7-13(16)8-12(9-18-2)14(11)19-10-15(3-4-15)5-6-17/h7-8,18H,3-5,9-10H2,1-2H3. The lowest BCUT2D eigenvalue weighted by Gasteiger charge is -2.18. The number of benzene rings is 1. The Morgan fingerprint density at radius 1 is 1.47 bits per heavy atom. The van der Waals surface area contributed by atoms with E-state index in [9.17, 15) is 0 Å². The van der Waals surface area contributed by atoms with Crippen LogP contribution in [0.2, 0.25) is 0 Å². The molecule has 2 rings (SSSR count). The molecule has 0 amide bonds. The van der Waals surface area contributed by atoms with E-state index in [2.05, 4.69) is 46.4 Å². The van der Waals surface area contributed by atoms with Crippen molar-refractivity contribution in [1.82, 2.24) is 5.32 Å². The minimum Gasteiger partial charge on any atom is -0.492 e. The summed E-state index contributed by atoms with van der Waals surface area (Å²) >= 11 is 3.52. The molecule has 1 fully saturated rings. The van der Waals surface area contributed by atoms with Gasteiger partial charge in [-0.1, -0.05) is 15.9 Å². The van der Waals surface area contributed by atoms with Crippen molar-refractivity contribution in [3.63, 3.8) is 0 Å². The van der Waals surface area contributed by atoms with Crippen molar-refractivity contribution in [1.29, 1.82) is 5.26 Å². The van der Waals surface area contributed by atoms with Crippen LogP contribution in [-0.2, 0) is 6.54 Å². The molecule has 0 saturated heterocycles. The van der Waals surface area contributed by atoms with Crippen LogP contribution in [0, 0.1) is 23.7 Å². The normalized spacial score (nSPS) is 15.9. The van der Waals surface area contributed by atoms with Crippen LogP contribution in [0.3, 0.4) is 0 Å². The van der Waals surface area contributed by atoms with E-state index in [1.807, 2.05) is 7.05 Å². The molecular formula is C15H19BrN2O. The number of nitriles is 1. The van der Waals surface area contributed by atoms with E-state index in [1.54, 1.807) is 0 Å². The largest absolute Gasteiger partial charge is 0.492 e. The fourth-order valence-corrected chi connectivity index (χ4v) is 2.89. The molecule has 0 aliphatic heterocycles. The van der Waals surface area contributed by atoms with Crippen molar-refractivity contribution in [2.45, 2.75) is 32.7 Å². The van der Waals surface area contributed by atoms with Crippen molar-refractivity contribution in [2.24, 2.45) is 5.41 Å². The SMILES string of the molecule is CNCc1cc(Br)cc(C)c1OCC1(CC#N)CC1. The first kappa shape index (κ1) is 14.4. The molecule has 1 aliphatic rings. The molecule has 4 heteroatoms. The highest BCUT2D eigenvalue weighted by atomic mass is 79.9. The highest BCUT2D eigenvalue weighted by molar-refractivity contribution is 9.10. The van der Waals surface area contributed by atoms with Gasteiger partial charge < -0.3 is 10.1 Å². The summed E-state index contributed by atoms with van der Waals surface area (Å²) in [6.45, 7) is 3.49. The number of rotatable bonds is 6. The second-order valence-corrected chi connectivity index (χ2v) is 6.28. The third-order valence-electron chi connectivity index (χ3n) is 3.62. The summed E-state index contributed by atoms with van der Waals surface area (Å²) in [6.07, 6.45) is 2.82. The lowest BCUT2D eigenvalue weighted by atomic mass is 10.0. The zero-order chi connectivity index (χ0) is 13.9. The van der Waals surface area contributed by atoms with Gasteiger partial charge in [0.1, 0.15) is 5.75 Å². The lowest BCUT2D eigenvalue weighted by Crippen LogP contribution is -2.15. The van der Waals surface area contributed by atoms with E-state index in [1.165, 1.54) is 0 Å². The van der Waals surface area contributed by atoms with Crippen LogP contribution < -0.4 is 10.1 Å². The Balaban J connectivity index is 2.13. The average Bonchev–Trinajstić information content (AvgIpc) is 3.09. The molecule has 1 aliphatic carbocycles. The van der Waals surface area contributed by atoms with E-state index in [-0.39, 0.29) is 5.41 Å². The summed E-state index contributed by atoms with van der Waals surface area (Å²) in [6, 6.07) is 6.42. The Morgan fingerprint density at radius 2 is 2.21 bits per heavy atom. The molecule has 19 heavy (non-hydrogen) atoms. The molecule has 1 aromatic rings. The van der Waals surface area contributed by atoms with Crippen LogP contribution in [0.15, 0.2) is 16.6 Å². The van der Waals surface area contributed by atoms with Crippen molar-refractivity contribution in [3.05, 3.63) is 27.7 Å². The van der Waals surface area contributed by atoms with Gasteiger partial charge in [-0.25, -0.2) is 0 Å². The van der Waals surface area contributed by atoms with Gasteiger partial charge in [-0.05, 0) is 44.5 Å². The maximum Gasteiger partial charge on any atom is 0.126 e. The summed E-state index contributed by atoms with van der Waals surface area (Å²) in [7, 11) is 1.93. The molecule has 0 radical (unpaired) electrons. The van der Waals surface area contributed by atoms with Gasteiger partial charge in [0.25, 0.3) is 0 Å². The fourth-order valence-electron chi connectivity index (χ4n) is 2.27. The van der Waals surface area contributed by atoms with E-state index < -0.39 is 0 Å². The Hall–Kier alpha value is -1.05. The van der Waals surface area contributed by atoms with Gasteiger partial charge >= 0.3 is 0 Å². The Morgan fingerprint density at radius 3 is 2.79 bits per heavy atom. The van der Waals surface area contributed by atoms with Crippen LogP contribution in [0.4, 0.5) is 0 Å². The predicted molar refractivity (Wildman–Crippen MR) is 79.0 cm³/mol. The lowest BCUT2D eigenvalue weighted by molar-refractivity contribution is 0.233. The summed E-state index contributed by atoms with van der Waals surface area (Å²) in [5.74, 6) is 0.960. The summed E-state index contributed by atoms with van der Waals surface area (Å²) in [5, 5.41) is 12.0. The van der Waals surface area contributed by atoms with Crippen LogP contribution >= 0.6 is 15.9 Å². The Bertz CT molecular complexity index is 504. The number of nitrogens with zero attached hydrogens (tertiary/aromatic N) is 1. The first-order chi connectivity index (χ1) is 9.10. The predicted octanol–water partition coefficient (Wildman–Crippen LogP) is 3.55. The van der Waals surface area contributed by atoms with Crippen LogP contribution in [0.25, 0.3) is 0 Å². The second-order valence-electron chi connectivity index (χ2n) is 5.36. The number of halogens is 1.